The first kappa shape index (κ1) is 17.3. The molecule has 0 saturated carbocycles. The van der Waals surface area contributed by atoms with Gasteiger partial charge >= 0.3 is 0 Å². The number of pyridine rings is 1. The van der Waals surface area contributed by atoms with Gasteiger partial charge in [-0.05, 0) is 36.8 Å². The highest BCUT2D eigenvalue weighted by atomic mass is 32.2. The van der Waals surface area contributed by atoms with Crippen molar-refractivity contribution in [2.24, 2.45) is 0 Å². The standard InChI is InChI=1S/C17H20N2O3S/c1-13-5-3-8-16(18-13)17(20)19-15-7-4-6-14(11-15)12-23(21)10-9-22-2/h3-8,11H,9-10,12H2,1-2H3,(H,19,20). The molecule has 1 unspecified atom stereocenters. The number of rotatable bonds is 7. The molecule has 6 heteroatoms. The topological polar surface area (TPSA) is 68.3 Å². The van der Waals surface area contributed by atoms with Crippen molar-refractivity contribution >= 4 is 22.4 Å². The second-order valence-corrected chi connectivity index (χ2v) is 6.68. The molecule has 0 fully saturated rings. The van der Waals surface area contributed by atoms with Crippen molar-refractivity contribution in [1.29, 1.82) is 0 Å². The fourth-order valence-electron chi connectivity index (χ4n) is 2.04. The second-order valence-electron chi connectivity index (χ2n) is 5.10. The number of hydrogen-bond acceptors (Lipinski definition) is 4. The zero-order valence-electron chi connectivity index (χ0n) is 13.2. The van der Waals surface area contributed by atoms with Crippen LogP contribution in [0.5, 0.6) is 0 Å². The van der Waals surface area contributed by atoms with Gasteiger partial charge in [-0.1, -0.05) is 18.2 Å². The number of amides is 1. The molecule has 1 aromatic heterocycles. The molecule has 0 aliphatic heterocycles. The van der Waals surface area contributed by atoms with Crippen molar-refractivity contribution in [2.75, 3.05) is 24.8 Å². The molecule has 1 heterocycles. The molecular weight excluding hydrogens is 312 g/mol. The summed E-state index contributed by atoms with van der Waals surface area (Å²) in [5, 5.41) is 2.82. The van der Waals surface area contributed by atoms with E-state index in [0.717, 1.165) is 11.3 Å². The van der Waals surface area contributed by atoms with Crippen LogP contribution in [0.2, 0.25) is 0 Å². The van der Waals surface area contributed by atoms with Crippen molar-refractivity contribution in [1.82, 2.24) is 4.98 Å². The SMILES string of the molecule is COCCS(=O)Cc1cccc(NC(=O)c2cccc(C)n2)c1. The van der Waals surface area contributed by atoms with E-state index < -0.39 is 10.8 Å². The van der Waals surface area contributed by atoms with Gasteiger partial charge in [0.1, 0.15) is 5.69 Å². The highest BCUT2D eigenvalue weighted by Gasteiger charge is 2.09. The van der Waals surface area contributed by atoms with Crippen molar-refractivity contribution < 1.29 is 13.7 Å². The summed E-state index contributed by atoms with van der Waals surface area (Å²) in [7, 11) is 0.609. The molecule has 1 N–H and O–H groups in total. The molecule has 0 aliphatic carbocycles. The summed E-state index contributed by atoms with van der Waals surface area (Å²) in [6.45, 7) is 2.31. The molecule has 0 bridgehead atoms. The first-order valence-electron chi connectivity index (χ1n) is 7.26. The zero-order chi connectivity index (χ0) is 16.7. The fourth-order valence-corrected chi connectivity index (χ4v) is 3.09. The summed E-state index contributed by atoms with van der Waals surface area (Å²) in [6, 6.07) is 12.7. The summed E-state index contributed by atoms with van der Waals surface area (Å²) < 4.78 is 16.8. The van der Waals surface area contributed by atoms with E-state index in [4.69, 9.17) is 4.74 Å². The Morgan fingerprint density at radius 1 is 1.26 bits per heavy atom. The van der Waals surface area contributed by atoms with Gasteiger partial charge in [0, 0.05) is 40.8 Å². The van der Waals surface area contributed by atoms with Crippen LogP contribution in [0.1, 0.15) is 21.7 Å². The number of methoxy groups -OCH3 is 1. The first-order valence-corrected chi connectivity index (χ1v) is 8.75. The summed E-state index contributed by atoms with van der Waals surface area (Å²) in [4.78, 5) is 16.4. The van der Waals surface area contributed by atoms with E-state index in [-0.39, 0.29) is 5.91 Å². The van der Waals surface area contributed by atoms with E-state index in [0.29, 0.717) is 29.5 Å². The third-order valence-electron chi connectivity index (χ3n) is 3.15. The van der Waals surface area contributed by atoms with E-state index in [2.05, 4.69) is 10.3 Å². The molecule has 23 heavy (non-hydrogen) atoms. The van der Waals surface area contributed by atoms with Crippen LogP contribution in [0, 0.1) is 6.92 Å². The Hall–Kier alpha value is -2.05. The number of carbonyl (C=O) groups is 1. The Morgan fingerprint density at radius 2 is 2.04 bits per heavy atom. The summed E-state index contributed by atoms with van der Waals surface area (Å²) in [5.74, 6) is 0.683. The fraction of sp³-hybridized carbons (Fsp3) is 0.294. The molecule has 0 saturated heterocycles. The average Bonchev–Trinajstić information content (AvgIpc) is 2.53. The number of nitrogens with zero attached hydrogens (tertiary/aromatic N) is 1. The minimum atomic E-state index is -0.981. The lowest BCUT2D eigenvalue weighted by Crippen LogP contribution is -2.14. The van der Waals surface area contributed by atoms with Crippen LogP contribution in [0.15, 0.2) is 42.5 Å². The number of anilines is 1. The summed E-state index contributed by atoms with van der Waals surface area (Å²) >= 11 is 0. The maximum atomic E-state index is 12.2. The molecule has 0 aliphatic rings. The first-order chi connectivity index (χ1) is 11.1. The maximum absolute atomic E-state index is 12.2. The largest absolute Gasteiger partial charge is 0.384 e. The number of benzene rings is 1. The zero-order valence-corrected chi connectivity index (χ0v) is 14.1. The van der Waals surface area contributed by atoms with Gasteiger partial charge in [0.05, 0.1) is 6.61 Å². The van der Waals surface area contributed by atoms with Gasteiger partial charge in [0.2, 0.25) is 0 Å². The van der Waals surface area contributed by atoms with E-state index in [9.17, 15) is 9.00 Å². The van der Waals surface area contributed by atoms with Crippen LogP contribution in [0.25, 0.3) is 0 Å². The molecule has 1 amide bonds. The molecule has 2 rings (SSSR count). The summed E-state index contributed by atoms with van der Waals surface area (Å²) in [6.07, 6.45) is 0. The van der Waals surface area contributed by atoms with Gasteiger partial charge in [-0.3, -0.25) is 9.00 Å². The molecule has 1 atom stereocenters. The maximum Gasteiger partial charge on any atom is 0.274 e. The van der Waals surface area contributed by atoms with Crippen molar-refractivity contribution in [3.63, 3.8) is 0 Å². The minimum Gasteiger partial charge on any atom is -0.384 e. The van der Waals surface area contributed by atoms with Crippen LogP contribution in [-0.2, 0) is 21.3 Å². The van der Waals surface area contributed by atoms with Crippen molar-refractivity contribution in [3.05, 3.63) is 59.4 Å². The van der Waals surface area contributed by atoms with Crippen LogP contribution in [-0.4, -0.2) is 34.6 Å². The van der Waals surface area contributed by atoms with Crippen LogP contribution >= 0.6 is 0 Å². The van der Waals surface area contributed by atoms with Crippen LogP contribution < -0.4 is 5.32 Å². The highest BCUT2D eigenvalue weighted by molar-refractivity contribution is 7.84. The van der Waals surface area contributed by atoms with Gasteiger partial charge in [-0.25, -0.2) is 4.98 Å². The molecule has 1 aromatic carbocycles. The number of nitrogens with one attached hydrogen (secondary N) is 1. The number of ether oxygens (including phenoxy) is 1. The van der Waals surface area contributed by atoms with Crippen LogP contribution in [0.4, 0.5) is 5.69 Å². The number of hydrogen-bond donors (Lipinski definition) is 1. The van der Waals surface area contributed by atoms with E-state index in [1.165, 1.54) is 0 Å². The quantitative estimate of drug-likeness (QED) is 0.846. The van der Waals surface area contributed by atoms with Gasteiger partial charge in [-0.2, -0.15) is 0 Å². The molecule has 0 radical (unpaired) electrons. The third-order valence-corrected chi connectivity index (χ3v) is 4.43. The van der Waals surface area contributed by atoms with E-state index >= 15 is 0 Å². The van der Waals surface area contributed by atoms with Crippen LogP contribution in [0.3, 0.4) is 0 Å². The smallest absolute Gasteiger partial charge is 0.274 e. The average molecular weight is 332 g/mol. The molecular formula is C17H20N2O3S. The van der Waals surface area contributed by atoms with Crippen molar-refractivity contribution in [2.45, 2.75) is 12.7 Å². The van der Waals surface area contributed by atoms with Gasteiger partial charge in [-0.15, -0.1) is 0 Å². The molecule has 122 valence electrons. The highest BCUT2D eigenvalue weighted by Crippen LogP contribution is 2.14. The van der Waals surface area contributed by atoms with E-state index in [1.54, 1.807) is 25.3 Å². The Kier molecular flexibility index (Phi) is 6.43. The molecule has 2 aromatic rings. The lowest BCUT2D eigenvalue weighted by molar-refractivity contribution is 0.102. The van der Waals surface area contributed by atoms with Crippen molar-refractivity contribution in [3.8, 4) is 0 Å². The monoisotopic (exact) mass is 332 g/mol. The third kappa shape index (κ3) is 5.58. The minimum absolute atomic E-state index is 0.258. The normalized spacial score (nSPS) is 11.9. The number of aromatic nitrogens is 1. The van der Waals surface area contributed by atoms with E-state index in [1.807, 2.05) is 31.2 Å². The predicted octanol–water partition coefficient (Wildman–Crippen LogP) is 2.54. The Morgan fingerprint density at radius 3 is 2.78 bits per heavy atom. The summed E-state index contributed by atoms with van der Waals surface area (Å²) in [5.41, 5.74) is 2.74. The molecule has 5 nitrogen and oxygen atoms in total. The Balaban J connectivity index is 2.02. The Bertz CT molecular complexity index is 704. The lowest BCUT2D eigenvalue weighted by Gasteiger charge is -2.08. The predicted molar refractivity (Wildman–Crippen MR) is 92.0 cm³/mol. The van der Waals surface area contributed by atoms with Gasteiger partial charge in [0.25, 0.3) is 5.91 Å². The molecule has 0 spiro atoms. The lowest BCUT2D eigenvalue weighted by atomic mass is 10.2. The Labute approximate surface area is 138 Å². The number of carbonyl (C=O) groups excluding carboxylic acids is 1. The number of aryl methyl sites for hydroxylation is 1. The van der Waals surface area contributed by atoms with Gasteiger partial charge < -0.3 is 10.1 Å². The van der Waals surface area contributed by atoms with Gasteiger partial charge in [0.15, 0.2) is 0 Å². The second kappa shape index (κ2) is 8.55.